The van der Waals surface area contributed by atoms with E-state index in [1.807, 2.05) is 0 Å². The van der Waals surface area contributed by atoms with Crippen LogP contribution in [0, 0.1) is 0 Å². The van der Waals surface area contributed by atoms with E-state index in [-0.39, 0.29) is 24.8 Å². The monoisotopic (exact) mass is 726 g/mol. The fourth-order valence-corrected chi connectivity index (χ4v) is 5.47. The molecule has 46 heavy (non-hydrogen) atoms. The molecule has 8 nitrogen and oxygen atoms in total. The minimum atomic E-state index is 0. The number of pyridine rings is 2. The molecule has 0 saturated carbocycles. The number of hydrogen-bond acceptors (Lipinski definition) is 6. The van der Waals surface area contributed by atoms with Gasteiger partial charge in [-0.3, -0.25) is 0 Å². The van der Waals surface area contributed by atoms with Crippen molar-refractivity contribution in [3.63, 3.8) is 0 Å². The molecule has 0 amide bonds. The minimum absolute atomic E-state index is 0. The lowest BCUT2D eigenvalue weighted by Crippen LogP contribution is -3.00. The molecule has 0 bridgehead atoms. The van der Waals surface area contributed by atoms with Crippen LogP contribution in [0.15, 0.2) is 36.9 Å². The van der Waals surface area contributed by atoms with Crippen LogP contribution in [0.3, 0.4) is 0 Å². The number of aromatic nitrogens is 2. The third-order valence-electron chi connectivity index (χ3n) is 7.61. The number of hydrogen-bond donors (Lipinski definition) is 0. The van der Waals surface area contributed by atoms with Gasteiger partial charge in [-0.1, -0.05) is 0 Å². The molecule has 0 unspecified atom stereocenters. The fraction of sp³-hybridized carbons (Fsp3) is 0.706. The molecule has 4 rings (SSSR count). The highest BCUT2D eigenvalue weighted by atomic mass is 35.5. The van der Waals surface area contributed by atoms with Gasteiger partial charge in [0.05, 0.1) is 66.1 Å². The average Bonchev–Trinajstić information content (AvgIpc) is 3.06. The fourth-order valence-electron chi connectivity index (χ4n) is 5.25. The molecular formula is C34H54Cl4N2O6. The largest absolute Gasteiger partial charge is 1.00 e. The van der Waals surface area contributed by atoms with Gasteiger partial charge in [-0.05, 0) is 62.5 Å². The molecule has 0 atom stereocenters. The first kappa shape index (κ1) is 43.2. The van der Waals surface area contributed by atoms with Crippen molar-refractivity contribution in [2.75, 3.05) is 91.0 Å². The first-order valence-electron chi connectivity index (χ1n) is 16.4. The van der Waals surface area contributed by atoms with E-state index in [1.165, 1.54) is 73.6 Å². The van der Waals surface area contributed by atoms with E-state index in [0.717, 1.165) is 26.3 Å². The number of nitrogens with zero attached hydrogens (tertiary/aromatic N) is 2. The maximum Gasteiger partial charge on any atom is 0.172 e. The Hall–Kier alpha value is -0.780. The topological polar surface area (TPSA) is 63.1 Å². The highest BCUT2D eigenvalue weighted by Crippen LogP contribution is 2.19. The summed E-state index contributed by atoms with van der Waals surface area (Å²) in [6.45, 7) is 9.26. The SMILES string of the molecule is ClCCOCCOCCOCCCl.[Cl-].[Cl-].c1c[n+](CCOCCOCCOCC[n+]2ccc3c(c2)CCCC3)cc2c1CCCC2. The molecule has 0 N–H and O–H groups in total. The van der Waals surface area contributed by atoms with Crippen LogP contribution in [0.2, 0.25) is 0 Å². The summed E-state index contributed by atoms with van der Waals surface area (Å²) in [7, 11) is 0. The van der Waals surface area contributed by atoms with E-state index >= 15 is 0 Å². The van der Waals surface area contributed by atoms with Gasteiger partial charge in [0.1, 0.15) is 13.2 Å². The second-order valence-corrected chi connectivity index (χ2v) is 11.7. The normalized spacial score (nSPS) is 13.4. The number of ether oxygens (including phenoxy) is 6. The second-order valence-electron chi connectivity index (χ2n) is 10.9. The van der Waals surface area contributed by atoms with Crippen LogP contribution in [0.25, 0.3) is 0 Å². The summed E-state index contributed by atoms with van der Waals surface area (Å²) >= 11 is 10.8. The molecule has 2 aromatic heterocycles. The van der Waals surface area contributed by atoms with Gasteiger partial charge in [-0.2, -0.15) is 0 Å². The average molecular weight is 729 g/mol. The molecule has 2 aliphatic carbocycles. The van der Waals surface area contributed by atoms with Crippen LogP contribution in [0.1, 0.15) is 47.9 Å². The first-order valence-corrected chi connectivity index (χ1v) is 17.5. The van der Waals surface area contributed by atoms with Crippen LogP contribution in [-0.4, -0.2) is 91.0 Å². The van der Waals surface area contributed by atoms with Crippen molar-refractivity contribution in [2.45, 2.75) is 64.5 Å². The summed E-state index contributed by atoms with van der Waals surface area (Å²) in [5.41, 5.74) is 6.09. The summed E-state index contributed by atoms with van der Waals surface area (Å²) in [6, 6.07) is 4.56. The highest BCUT2D eigenvalue weighted by Gasteiger charge is 2.14. The van der Waals surface area contributed by atoms with Gasteiger partial charge in [-0.15, -0.1) is 23.2 Å². The predicted molar refractivity (Wildman–Crippen MR) is 173 cm³/mol. The van der Waals surface area contributed by atoms with E-state index in [2.05, 4.69) is 46.1 Å². The van der Waals surface area contributed by atoms with Crippen molar-refractivity contribution in [3.8, 4) is 0 Å². The van der Waals surface area contributed by atoms with Gasteiger partial charge in [-0.25, -0.2) is 9.13 Å². The van der Waals surface area contributed by atoms with Crippen molar-refractivity contribution in [2.24, 2.45) is 0 Å². The molecule has 2 heterocycles. The lowest BCUT2D eigenvalue weighted by molar-refractivity contribution is -0.699. The Bertz CT molecular complexity index is 946. The first-order chi connectivity index (χ1) is 21.8. The Morgan fingerprint density at radius 1 is 0.435 bits per heavy atom. The molecule has 264 valence electrons. The van der Waals surface area contributed by atoms with Crippen LogP contribution in [0.5, 0.6) is 0 Å². The van der Waals surface area contributed by atoms with Gasteiger partial charge in [0.15, 0.2) is 37.9 Å². The summed E-state index contributed by atoms with van der Waals surface area (Å²) in [5.74, 6) is 1.05. The summed E-state index contributed by atoms with van der Waals surface area (Å²) in [4.78, 5) is 0. The Balaban J connectivity index is 0.000000605. The van der Waals surface area contributed by atoms with Crippen LogP contribution in [0.4, 0.5) is 0 Å². The molecule has 2 aliphatic rings. The van der Waals surface area contributed by atoms with Gasteiger partial charge < -0.3 is 53.2 Å². The summed E-state index contributed by atoms with van der Waals surface area (Å²) in [6.07, 6.45) is 19.2. The number of alkyl halides is 2. The number of rotatable bonds is 22. The van der Waals surface area contributed by atoms with E-state index in [4.69, 9.17) is 51.6 Å². The number of fused-ring (bicyclic) bond motifs is 2. The lowest BCUT2D eigenvalue weighted by atomic mass is 9.93. The van der Waals surface area contributed by atoms with Gasteiger partial charge in [0.2, 0.25) is 0 Å². The second kappa shape index (κ2) is 29.2. The van der Waals surface area contributed by atoms with Gasteiger partial charge in [0.25, 0.3) is 0 Å². The van der Waals surface area contributed by atoms with Crippen molar-refractivity contribution in [1.82, 2.24) is 0 Å². The van der Waals surface area contributed by atoms with Crippen molar-refractivity contribution in [3.05, 3.63) is 59.2 Å². The maximum atomic E-state index is 5.72. The maximum absolute atomic E-state index is 5.72. The van der Waals surface area contributed by atoms with Crippen LogP contribution >= 0.6 is 23.2 Å². The zero-order chi connectivity index (χ0) is 30.9. The summed E-state index contributed by atoms with van der Waals surface area (Å²) < 4.78 is 36.9. The third kappa shape index (κ3) is 19.3. The summed E-state index contributed by atoms with van der Waals surface area (Å²) in [5, 5.41) is 0. The Morgan fingerprint density at radius 3 is 1.09 bits per heavy atom. The van der Waals surface area contributed by atoms with E-state index in [0.29, 0.717) is 77.8 Å². The van der Waals surface area contributed by atoms with E-state index < -0.39 is 0 Å². The van der Waals surface area contributed by atoms with Crippen LogP contribution < -0.4 is 33.9 Å². The Kier molecular flexibility index (Phi) is 27.4. The third-order valence-corrected chi connectivity index (χ3v) is 7.91. The van der Waals surface area contributed by atoms with Gasteiger partial charge >= 0.3 is 0 Å². The Morgan fingerprint density at radius 2 is 0.739 bits per heavy atom. The van der Waals surface area contributed by atoms with Gasteiger partial charge in [0, 0.05) is 35.0 Å². The standard InChI is InChI=1S/C26H38N2O3.C8H16Cl2O3.2ClH/c1-3-7-25-21-27(11-9-23(25)5-1)13-15-29-17-19-31-20-18-30-16-14-28-12-10-24-6-2-4-8-26(24)22-28;9-1-3-11-5-7-13-8-6-12-4-2-10;;/h9-12,21-22H,1-8,13-20H2;1-8H2;2*1H/q+2;;;/p-2. The molecule has 0 saturated heterocycles. The molecular weight excluding hydrogens is 674 g/mol. The van der Waals surface area contributed by atoms with Crippen molar-refractivity contribution in [1.29, 1.82) is 0 Å². The minimum Gasteiger partial charge on any atom is -1.00 e. The molecule has 0 aromatic carbocycles. The van der Waals surface area contributed by atoms with Crippen molar-refractivity contribution < 1.29 is 62.4 Å². The molecule has 2 aromatic rings. The van der Waals surface area contributed by atoms with Crippen molar-refractivity contribution >= 4 is 23.2 Å². The molecule has 0 radical (unpaired) electrons. The van der Waals surface area contributed by atoms with E-state index in [9.17, 15) is 0 Å². The Labute approximate surface area is 299 Å². The molecule has 12 heteroatoms. The predicted octanol–water partition coefficient (Wildman–Crippen LogP) is -1.71. The quantitative estimate of drug-likeness (QED) is 0.0819. The molecule has 0 aliphatic heterocycles. The molecule has 0 fully saturated rings. The lowest BCUT2D eigenvalue weighted by Gasteiger charge is -2.13. The smallest absolute Gasteiger partial charge is 0.172 e. The zero-order valence-electron chi connectivity index (χ0n) is 27.3. The zero-order valence-corrected chi connectivity index (χ0v) is 30.3. The number of aryl methyl sites for hydroxylation is 4. The highest BCUT2D eigenvalue weighted by molar-refractivity contribution is 6.18. The molecule has 0 spiro atoms. The van der Waals surface area contributed by atoms with Crippen LogP contribution in [-0.2, 0) is 67.2 Å². The van der Waals surface area contributed by atoms with E-state index in [1.54, 1.807) is 0 Å². The number of halogens is 4.